The Bertz CT molecular complexity index is 357. The third-order valence-electron chi connectivity index (χ3n) is 2.61. The standard InChI is InChI=1S/C12H17F2NO/c1-2-5-12(16,8-15)7-9-3-4-10(13)11(14)6-9/h3-4,6,16H,2,5,7-8,15H2,1H3. The molecule has 2 nitrogen and oxygen atoms in total. The molecule has 0 bridgehead atoms. The van der Waals surface area contributed by atoms with Gasteiger partial charge in [-0.3, -0.25) is 0 Å². The number of nitrogens with two attached hydrogens (primary N) is 1. The molecular weight excluding hydrogens is 212 g/mol. The predicted molar refractivity (Wildman–Crippen MR) is 59.0 cm³/mol. The van der Waals surface area contributed by atoms with Gasteiger partial charge in [-0.15, -0.1) is 0 Å². The SMILES string of the molecule is CCCC(O)(CN)Cc1ccc(F)c(F)c1. The van der Waals surface area contributed by atoms with Crippen molar-refractivity contribution in [3.8, 4) is 0 Å². The molecule has 3 N–H and O–H groups in total. The first-order chi connectivity index (χ1) is 7.50. The summed E-state index contributed by atoms with van der Waals surface area (Å²) < 4.78 is 25.7. The minimum Gasteiger partial charge on any atom is -0.388 e. The Labute approximate surface area is 94.1 Å². The summed E-state index contributed by atoms with van der Waals surface area (Å²) in [6.45, 7) is 2.05. The first kappa shape index (κ1) is 13.1. The molecule has 0 radical (unpaired) electrons. The summed E-state index contributed by atoms with van der Waals surface area (Å²) in [5.74, 6) is -1.77. The molecule has 16 heavy (non-hydrogen) atoms. The van der Waals surface area contributed by atoms with Crippen LogP contribution in [0.5, 0.6) is 0 Å². The van der Waals surface area contributed by atoms with E-state index in [2.05, 4.69) is 0 Å². The van der Waals surface area contributed by atoms with E-state index in [0.717, 1.165) is 18.6 Å². The fraction of sp³-hybridized carbons (Fsp3) is 0.500. The van der Waals surface area contributed by atoms with Gasteiger partial charge in [0.2, 0.25) is 0 Å². The number of rotatable bonds is 5. The van der Waals surface area contributed by atoms with Gasteiger partial charge in [-0.25, -0.2) is 8.78 Å². The highest BCUT2D eigenvalue weighted by atomic mass is 19.2. The van der Waals surface area contributed by atoms with Gasteiger partial charge in [-0.05, 0) is 24.1 Å². The van der Waals surface area contributed by atoms with E-state index in [0.29, 0.717) is 12.0 Å². The van der Waals surface area contributed by atoms with Crippen LogP contribution in [0.4, 0.5) is 8.78 Å². The summed E-state index contributed by atoms with van der Waals surface area (Å²) in [5.41, 5.74) is 5.02. The van der Waals surface area contributed by atoms with Gasteiger partial charge in [0.1, 0.15) is 0 Å². The zero-order valence-electron chi connectivity index (χ0n) is 9.34. The summed E-state index contributed by atoms with van der Waals surface area (Å²) in [6, 6.07) is 3.63. The van der Waals surface area contributed by atoms with Gasteiger partial charge >= 0.3 is 0 Å². The maximum absolute atomic E-state index is 13.0. The Balaban J connectivity index is 2.81. The van der Waals surface area contributed by atoms with Crippen LogP contribution >= 0.6 is 0 Å². The van der Waals surface area contributed by atoms with Crippen LogP contribution in [0.3, 0.4) is 0 Å². The quantitative estimate of drug-likeness (QED) is 0.811. The van der Waals surface area contributed by atoms with Crippen molar-refractivity contribution in [2.75, 3.05) is 6.54 Å². The largest absolute Gasteiger partial charge is 0.388 e. The summed E-state index contributed by atoms with van der Waals surface area (Å²) in [4.78, 5) is 0. The highest BCUT2D eigenvalue weighted by Crippen LogP contribution is 2.19. The zero-order valence-corrected chi connectivity index (χ0v) is 9.34. The molecule has 0 fully saturated rings. The third-order valence-corrected chi connectivity index (χ3v) is 2.61. The molecule has 0 aliphatic carbocycles. The molecule has 1 unspecified atom stereocenters. The second-order valence-corrected chi connectivity index (χ2v) is 4.10. The van der Waals surface area contributed by atoms with Crippen LogP contribution in [-0.2, 0) is 6.42 Å². The first-order valence-electron chi connectivity index (χ1n) is 5.37. The van der Waals surface area contributed by atoms with Crippen LogP contribution in [0.1, 0.15) is 25.3 Å². The molecule has 1 atom stereocenters. The lowest BCUT2D eigenvalue weighted by Crippen LogP contribution is -2.39. The van der Waals surface area contributed by atoms with E-state index in [-0.39, 0.29) is 13.0 Å². The second-order valence-electron chi connectivity index (χ2n) is 4.10. The van der Waals surface area contributed by atoms with E-state index in [1.165, 1.54) is 6.07 Å². The average molecular weight is 229 g/mol. The van der Waals surface area contributed by atoms with Gasteiger partial charge in [0, 0.05) is 13.0 Å². The highest BCUT2D eigenvalue weighted by Gasteiger charge is 2.24. The normalized spacial score (nSPS) is 14.8. The Hall–Kier alpha value is -1.00. The van der Waals surface area contributed by atoms with Crippen molar-refractivity contribution in [2.45, 2.75) is 31.8 Å². The highest BCUT2D eigenvalue weighted by molar-refractivity contribution is 5.19. The number of hydrogen-bond acceptors (Lipinski definition) is 2. The number of halogens is 2. The number of hydrogen-bond donors (Lipinski definition) is 2. The molecule has 90 valence electrons. The van der Waals surface area contributed by atoms with Crippen molar-refractivity contribution in [3.63, 3.8) is 0 Å². The summed E-state index contributed by atoms with van der Waals surface area (Å²) in [5, 5.41) is 10.1. The molecule has 4 heteroatoms. The Kier molecular flexibility index (Phi) is 4.38. The Morgan fingerprint density at radius 3 is 2.50 bits per heavy atom. The van der Waals surface area contributed by atoms with E-state index in [1.54, 1.807) is 0 Å². The summed E-state index contributed by atoms with van der Waals surface area (Å²) in [7, 11) is 0. The van der Waals surface area contributed by atoms with E-state index in [4.69, 9.17) is 5.73 Å². The molecule has 0 aliphatic rings. The van der Waals surface area contributed by atoms with Crippen LogP contribution in [0, 0.1) is 11.6 Å². The van der Waals surface area contributed by atoms with Crippen molar-refractivity contribution in [1.29, 1.82) is 0 Å². The molecule has 1 aromatic carbocycles. The second kappa shape index (κ2) is 5.37. The fourth-order valence-electron chi connectivity index (χ4n) is 1.76. The third kappa shape index (κ3) is 3.25. The van der Waals surface area contributed by atoms with Crippen molar-refractivity contribution < 1.29 is 13.9 Å². The molecule has 0 aliphatic heterocycles. The molecule has 0 saturated carbocycles. The van der Waals surface area contributed by atoms with Gasteiger partial charge < -0.3 is 10.8 Å². The Morgan fingerprint density at radius 2 is 2.00 bits per heavy atom. The van der Waals surface area contributed by atoms with Gasteiger partial charge in [-0.2, -0.15) is 0 Å². The van der Waals surface area contributed by atoms with E-state index < -0.39 is 17.2 Å². The zero-order chi connectivity index (χ0) is 12.2. The van der Waals surface area contributed by atoms with Crippen LogP contribution in [0.2, 0.25) is 0 Å². The average Bonchev–Trinajstić information content (AvgIpc) is 2.24. The molecule has 1 rings (SSSR count). The molecule has 0 saturated heterocycles. The van der Waals surface area contributed by atoms with Crippen molar-refractivity contribution in [2.24, 2.45) is 5.73 Å². The fourth-order valence-corrected chi connectivity index (χ4v) is 1.76. The topological polar surface area (TPSA) is 46.2 Å². The lowest BCUT2D eigenvalue weighted by Gasteiger charge is -2.26. The molecule has 0 amide bonds. The van der Waals surface area contributed by atoms with Crippen molar-refractivity contribution in [3.05, 3.63) is 35.4 Å². The smallest absolute Gasteiger partial charge is 0.159 e. The first-order valence-corrected chi connectivity index (χ1v) is 5.37. The van der Waals surface area contributed by atoms with E-state index >= 15 is 0 Å². The minimum absolute atomic E-state index is 0.111. The molecule has 1 aromatic rings. The van der Waals surface area contributed by atoms with Crippen LogP contribution < -0.4 is 5.73 Å². The molecule has 0 aromatic heterocycles. The van der Waals surface area contributed by atoms with Crippen molar-refractivity contribution >= 4 is 0 Å². The summed E-state index contributed by atoms with van der Waals surface area (Å²) in [6.07, 6.45) is 1.58. The van der Waals surface area contributed by atoms with Gasteiger partial charge in [0.25, 0.3) is 0 Å². The van der Waals surface area contributed by atoms with Crippen LogP contribution in [0.25, 0.3) is 0 Å². The van der Waals surface area contributed by atoms with Gasteiger partial charge in [-0.1, -0.05) is 19.4 Å². The maximum Gasteiger partial charge on any atom is 0.159 e. The molecule has 0 heterocycles. The van der Waals surface area contributed by atoms with E-state index in [9.17, 15) is 13.9 Å². The summed E-state index contributed by atoms with van der Waals surface area (Å²) >= 11 is 0. The number of aliphatic hydroxyl groups is 1. The maximum atomic E-state index is 13.0. The Morgan fingerprint density at radius 1 is 1.31 bits per heavy atom. The van der Waals surface area contributed by atoms with Crippen LogP contribution in [-0.4, -0.2) is 17.3 Å². The van der Waals surface area contributed by atoms with Gasteiger partial charge in [0.05, 0.1) is 5.60 Å². The van der Waals surface area contributed by atoms with Crippen molar-refractivity contribution in [1.82, 2.24) is 0 Å². The van der Waals surface area contributed by atoms with Gasteiger partial charge in [0.15, 0.2) is 11.6 Å². The number of benzene rings is 1. The van der Waals surface area contributed by atoms with Crippen LogP contribution in [0.15, 0.2) is 18.2 Å². The lowest BCUT2D eigenvalue weighted by molar-refractivity contribution is 0.0398. The minimum atomic E-state index is -1.03. The van der Waals surface area contributed by atoms with E-state index in [1.807, 2.05) is 6.92 Å². The molecular formula is C12H17F2NO. The monoisotopic (exact) mass is 229 g/mol. The molecule has 0 spiro atoms. The lowest BCUT2D eigenvalue weighted by atomic mass is 9.90. The predicted octanol–water partition coefficient (Wildman–Crippen LogP) is 2.00.